The number of pyridine rings is 1. The van der Waals surface area contributed by atoms with E-state index in [-0.39, 0.29) is 12.2 Å². The minimum absolute atomic E-state index is 0.147. The fourth-order valence-corrected chi connectivity index (χ4v) is 3.89. The summed E-state index contributed by atoms with van der Waals surface area (Å²) in [4.78, 5) is 0. The van der Waals surface area contributed by atoms with Crippen LogP contribution in [-0.2, 0) is 16.6 Å². The molecule has 0 amide bonds. The Bertz CT molecular complexity index is 1410. The van der Waals surface area contributed by atoms with E-state index in [0.29, 0.717) is 33.9 Å². The molecule has 0 bridgehead atoms. The molecule has 2 aromatic carbocycles. The van der Waals surface area contributed by atoms with Gasteiger partial charge in [0.05, 0.1) is 19.1 Å². The van der Waals surface area contributed by atoms with Crippen LogP contribution in [0.4, 0.5) is 20.3 Å². The molecular formula is C21H19F2N5O3S. The Balaban J connectivity index is 1.66. The fraction of sp³-hybridized carbons (Fsp3) is 0.143. The molecule has 4 aromatic rings. The van der Waals surface area contributed by atoms with Gasteiger partial charge in [0.15, 0.2) is 5.65 Å². The molecule has 0 aliphatic carbocycles. The number of anilines is 2. The van der Waals surface area contributed by atoms with Crippen LogP contribution in [0.3, 0.4) is 0 Å². The first-order valence-electron chi connectivity index (χ1n) is 9.42. The van der Waals surface area contributed by atoms with Gasteiger partial charge in [0.25, 0.3) is 0 Å². The van der Waals surface area contributed by atoms with Crippen LogP contribution in [-0.4, -0.2) is 36.4 Å². The summed E-state index contributed by atoms with van der Waals surface area (Å²) in [5, 5.41) is 11.2. The highest BCUT2D eigenvalue weighted by molar-refractivity contribution is 7.92. The van der Waals surface area contributed by atoms with Crippen molar-refractivity contribution in [3.05, 3.63) is 72.1 Å². The molecule has 0 saturated heterocycles. The van der Waals surface area contributed by atoms with E-state index in [1.54, 1.807) is 34.7 Å². The summed E-state index contributed by atoms with van der Waals surface area (Å²) >= 11 is 0. The molecule has 0 spiro atoms. The molecule has 8 nitrogen and oxygen atoms in total. The average Bonchev–Trinajstić information content (AvgIpc) is 3.23. The van der Waals surface area contributed by atoms with Gasteiger partial charge in [-0.25, -0.2) is 17.2 Å². The lowest BCUT2D eigenvalue weighted by molar-refractivity contribution is 0.405. The number of rotatable bonds is 7. The van der Waals surface area contributed by atoms with Crippen molar-refractivity contribution in [1.29, 1.82) is 0 Å². The Labute approximate surface area is 182 Å². The molecule has 0 aliphatic heterocycles. The Morgan fingerprint density at radius 1 is 1.09 bits per heavy atom. The molecule has 11 heteroatoms. The molecule has 2 heterocycles. The molecule has 0 fully saturated rings. The number of fused-ring (bicyclic) bond motifs is 1. The Morgan fingerprint density at radius 2 is 1.91 bits per heavy atom. The minimum Gasteiger partial charge on any atom is -0.496 e. The average molecular weight is 459 g/mol. The number of aromatic nitrogens is 3. The highest BCUT2D eigenvalue weighted by Gasteiger charge is 2.15. The maximum Gasteiger partial charge on any atom is 0.229 e. The molecule has 2 aromatic heterocycles. The highest BCUT2D eigenvalue weighted by Crippen LogP contribution is 2.30. The first-order valence-corrected chi connectivity index (χ1v) is 11.3. The Kier molecular flexibility index (Phi) is 5.66. The number of benzene rings is 2. The number of nitrogens with one attached hydrogen (secondary N) is 2. The molecule has 0 aliphatic rings. The topological polar surface area (TPSA) is 97.6 Å². The van der Waals surface area contributed by atoms with Gasteiger partial charge in [0.1, 0.15) is 29.5 Å². The number of ether oxygens (including phenoxy) is 1. The van der Waals surface area contributed by atoms with Crippen LogP contribution in [0.15, 0.2) is 54.9 Å². The van der Waals surface area contributed by atoms with E-state index in [0.717, 1.165) is 6.26 Å². The second-order valence-corrected chi connectivity index (χ2v) is 8.75. The first kappa shape index (κ1) is 21.5. The van der Waals surface area contributed by atoms with Gasteiger partial charge in [-0.15, -0.1) is 10.2 Å². The van der Waals surface area contributed by atoms with Crippen LogP contribution in [0.5, 0.6) is 5.75 Å². The van der Waals surface area contributed by atoms with E-state index in [2.05, 4.69) is 20.2 Å². The van der Waals surface area contributed by atoms with E-state index in [1.165, 1.54) is 31.6 Å². The van der Waals surface area contributed by atoms with Gasteiger partial charge in [0, 0.05) is 17.7 Å². The quantitative estimate of drug-likeness (QED) is 0.438. The normalized spacial score (nSPS) is 11.5. The lowest BCUT2D eigenvalue weighted by atomic mass is 10.1. The van der Waals surface area contributed by atoms with Crippen molar-refractivity contribution in [3.8, 4) is 16.9 Å². The molecule has 4 rings (SSSR count). The number of hydrogen-bond acceptors (Lipinski definition) is 6. The van der Waals surface area contributed by atoms with Crippen molar-refractivity contribution in [3.63, 3.8) is 0 Å². The largest absolute Gasteiger partial charge is 0.496 e. The molecule has 0 atom stereocenters. The number of hydrogen-bond donors (Lipinski definition) is 2. The van der Waals surface area contributed by atoms with Crippen molar-refractivity contribution in [2.75, 3.05) is 23.4 Å². The monoisotopic (exact) mass is 459 g/mol. The van der Waals surface area contributed by atoms with Gasteiger partial charge < -0.3 is 10.1 Å². The summed E-state index contributed by atoms with van der Waals surface area (Å²) in [5.41, 5.74) is 1.74. The number of sulfonamides is 1. The minimum atomic E-state index is -3.61. The van der Waals surface area contributed by atoms with Crippen LogP contribution in [0.25, 0.3) is 16.8 Å². The summed E-state index contributed by atoms with van der Waals surface area (Å²) in [7, 11) is -2.13. The van der Waals surface area contributed by atoms with Crippen molar-refractivity contribution in [2.24, 2.45) is 0 Å². The van der Waals surface area contributed by atoms with Gasteiger partial charge in [0.2, 0.25) is 10.0 Å². The molecule has 0 unspecified atom stereocenters. The fourth-order valence-electron chi connectivity index (χ4n) is 3.33. The summed E-state index contributed by atoms with van der Waals surface area (Å²) < 4.78 is 60.4. The van der Waals surface area contributed by atoms with Crippen molar-refractivity contribution < 1.29 is 21.9 Å². The van der Waals surface area contributed by atoms with E-state index in [4.69, 9.17) is 4.74 Å². The van der Waals surface area contributed by atoms with Crippen molar-refractivity contribution in [2.45, 2.75) is 6.54 Å². The lowest BCUT2D eigenvalue weighted by Gasteiger charge is -2.14. The molecule has 32 heavy (non-hydrogen) atoms. The molecule has 166 valence electrons. The number of nitrogens with zero attached hydrogens (tertiary/aromatic N) is 3. The van der Waals surface area contributed by atoms with Crippen molar-refractivity contribution in [1.82, 2.24) is 14.6 Å². The summed E-state index contributed by atoms with van der Waals surface area (Å²) in [5.74, 6) is -0.103. The smallest absolute Gasteiger partial charge is 0.229 e. The van der Waals surface area contributed by atoms with E-state index < -0.39 is 21.7 Å². The summed E-state index contributed by atoms with van der Waals surface area (Å²) in [6.07, 6.45) is 2.43. The zero-order valence-corrected chi connectivity index (χ0v) is 18.0. The predicted octanol–water partition coefficient (Wildman–Crippen LogP) is 3.67. The SMILES string of the molecule is COc1cccc(F)c1CNc1ccc(-c2ccc(NS(C)(=O)=O)c(F)c2)c2nncn12. The number of halogens is 2. The maximum atomic E-state index is 14.5. The third kappa shape index (κ3) is 4.33. The predicted molar refractivity (Wildman–Crippen MR) is 117 cm³/mol. The van der Waals surface area contributed by atoms with Crippen LogP contribution in [0.2, 0.25) is 0 Å². The molecule has 0 saturated carbocycles. The van der Waals surface area contributed by atoms with Crippen LogP contribution < -0.4 is 14.8 Å². The first-order chi connectivity index (χ1) is 15.3. The summed E-state index contributed by atoms with van der Waals surface area (Å²) in [6.45, 7) is 0.156. The van der Waals surface area contributed by atoms with Crippen LogP contribution >= 0.6 is 0 Å². The maximum absolute atomic E-state index is 14.5. The zero-order chi connectivity index (χ0) is 22.9. The molecule has 2 N–H and O–H groups in total. The van der Waals surface area contributed by atoms with E-state index in [9.17, 15) is 17.2 Å². The second-order valence-electron chi connectivity index (χ2n) is 7.00. The van der Waals surface area contributed by atoms with Gasteiger partial charge in [-0.05, 0) is 42.0 Å². The standard InChI is InChI=1S/C21H19F2N5O3S/c1-31-19-5-3-4-16(22)15(19)11-24-20-9-7-14(21-26-25-12-28(20)21)13-6-8-18(17(23)10-13)27-32(2,29)30/h3-10,12,24,27H,11H2,1-2H3. The number of methoxy groups -OCH3 is 1. The van der Waals surface area contributed by atoms with Gasteiger partial charge in [-0.1, -0.05) is 12.1 Å². The third-order valence-corrected chi connectivity index (χ3v) is 5.36. The van der Waals surface area contributed by atoms with Crippen molar-refractivity contribution >= 4 is 27.2 Å². The second kappa shape index (κ2) is 8.42. The van der Waals surface area contributed by atoms with E-state index in [1.807, 2.05) is 0 Å². The molecule has 0 radical (unpaired) electrons. The highest BCUT2D eigenvalue weighted by atomic mass is 32.2. The zero-order valence-electron chi connectivity index (χ0n) is 17.1. The van der Waals surface area contributed by atoms with Gasteiger partial charge in [-0.2, -0.15) is 0 Å². The van der Waals surface area contributed by atoms with Crippen LogP contribution in [0.1, 0.15) is 5.56 Å². The van der Waals surface area contributed by atoms with Gasteiger partial charge >= 0.3 is 0 Å². The molecular weight excluding hydrogens is 440 g/mol. The lowest BCUT2D eigenvalue weighted by Crippen LogP contribution is -2.10. The van der Waals surface area contributed by atoms with E-state index >= 15 is 0 Å². The van der Waals surface area contributed by atoms with Crippen LogP contribution in [0, 0.1) is 11.6 Å². The summed E-state index contributed by atoms with van der Waals surface area (Å²) in [6, 6.07) is 12.2. The Morgan fingerprint density at radius 3 is 2.62 bits per heavy atom. The third-order valence-electron chi connectivity index (χ3n) is 4.77. The van der Waals surface area contributed by atoms with Gasteiger partial charge in [-0.3, -0.25) is 9.12 Å². The Hall–Kier alpha value is -3.73.